The number of fused-ring (bicyclic) bond motifs is 3. The van der Waals surface area contributed by atoms with Crippen LogP contribution in [0.4, 0.5) is 0 Å². The first kappa shape index (κ1) is 50.2. The Hall–Kier alpha value is -6.79. The molecular weight excluding hydrogens is 932 g/mol. The average molecular weight is 993 g/mol. The Labute approximate surface area is 421 Å². The lowest BCUT2D eigenvalue weighted by molar-refractivity contribution is 0.0616. The van der Waals surface area contributed by atoms with Crippen molar-refractivity contribution < 1.29 is 57.2 Å². The number of hydrogen-bond donors (Lipinski definition) is 2. The molecule has 0 aliphatic carbocycles. The molecule has 2 aliphatic rings. The molecule has 2 N–H and O–H groups in total. The summed E-state index contributed by atoms with van der Waals surface area (Å²) in [6.45, 7) is 5.07. The van der Waals surface area contributed by atoms with E-state index in [1.165, 1.54) is 0 Å². The van der Waals surface area contributed by atoms with E-state index in [4.69, 9.17) is 42.4 Å². The van der Waals surface area contributed by atoms with Crippen molar-refractivity contribution in [2.45, 2.75) is 63.6 Å². The van der Waals surface area contributed by atoms with Gasteiger partial charge in [0.15, 0.2) is 0 Å². The number of rotatable bonds is 25. The molecule has 0 spiro atoms. The molecule has 7 aromatic carbocycles. The predicted molar refractivity (Wildman–Crippen MR) is 278 cm³/mol. The lowest BCUT2D eigenvalue weighted by Crippen LogP contribution is -2.30. The summed E-state index contributed by atoms with van der Waals surface area (Å²) in [6, 6.07) is 51.5. The molecule has 9 rings (SSSR count). The molecule has 5 unspecified atom stereocenters. The minimum absolute atomic E-state index is 0.0197. The topological polar surface area (TPSA) is 144 Å². The van der Waals surface area contributed by atoms with Crippen LogP contribution < -0.4 is 43.6 Å². The summed E-state index contributed by atoms with van der Waals surface area (Å²) in [4.78, 5) is 0. The second kappa shape index (κ2) is 23.6. The van der Waals surface area contributed by atoms with Gasteiger partial charge in [0.25, 0.3) is 0 Å². The van der Waals surface area contributed by atoms with Gasteiger partial charge >= 0.3 is 7.37 Å². The van der Waals surface area contributed by atoms with Crippen LogP contribution in [0.2, 0.25) is 0 Å². The zero-order valence-corrected chi connectivity index (χ0v) is 41.7. The number of para-hydroxylation sites is 1. The molecular formula is C59H61O12P. The summed E-state index contributed by atoms with van der Waals surface area (Å²) in [5, 5.41) is 22.8. The van der Waals surface area contributed by atoms with Crippen LogP contribution in [0.1, 0.15) is 42.5 Å². The van der Waals surface area contributed by atoms with Crippen molar-refractivity contribution in [1.29, 1.82) is 0 Å². The van der Waals surface area contributed by atoms with Gasteiger partial charge in [0.1, 0.15) is 91.6 Å². The molecule has 12 nitrogen and oxygen atoms in total. The molecule has 2 aliphatic heterocycles. The number of aliphatic hydroxyl groups excluding tert-OH is 2. The van der Waals surface area contributed by atoms with E-state index in [2.05, 4.69) is 24.3 Å². The Bertz CT molecular complexity index is 2890. The van der Waals surface area contributed by atoms with Crippen molar-refractivity contribution in [2.75, 3.05) is 46.8 Å². The predicted octanol–water partition coefficient (Wildman–Crippen LogP) is 9.76. The van der Waals surface area contributed by atoms with Gasteiger partial charge in [-0.05, 0) is 133 Å². The summed E-state index contributed by atoms with van der Waals surface area (Å²) >= 11 is 0. The first-order valence-corrected chi connectivity index (χ1v) is 26.0. The second-order valence-electron chi connectivity index (χ2n) is 18.2. The average Bonchev–Trinajstić information content (AvgIpc) is 4.25. The maximum absolute atomic E-state index is 15.4. The zero-order valence-electron chi connectivity index (χ0n) is 40.8. The van der Waals surface area contributed by atoms with Crippen molar-refractivity contribution in [3.05, 3.63) is 186 Å². The molecule has 2 heterocycles. The monoisotopic (exact) mass is 992 g/mol. The van der Waals surface area contributed by atoms with E-state index in [1.54, 1.807) is 37.4 Å². The summed E-state index contributed by atoms with van der Waals surface area (Å²) < 4.78 is 68.5. The first-order valence-electron chi connectivity index (χ1n) is 24.4. The highest BCUT2D eigenvalue weighted by atomic mass is 31.2. The third-order valence-corrected chi connectivity index (χ3v) is 14.8. The molecule has 0 bridgehead atoms. The molecule has 0 aromatic heterocycles. The van der Waals surface area contributed by atoms with Crippen molar-refractivity contribution in [1.82, 2.24) is 0 Å². The third kappa shape index (κ3) is 13.4. The van der Waals surface area contributed by atoms with Crippen LogP contribution in [-0.4, -0.2) is 87.5 Å². The largest absolute Gasteiger partial charge is 0.491 e. The van der Waals surface area contributed by atoms with Gasteiger partial charge in [-0.3, -0.25) is 4.57 Å². The molecule has 0 amide bonds. The van der Waals surface area contributed by atoms with Crippen molar-refractivity contribution in [3.63, 3.8) is 0 Å². The van der Waals surface area contributed by atoms with Crippen molar-refractivity contribution >= 4 is 18.0 Å². The summed E-state index contributed by atoms with van der Waals surface area (Å²) in [5.74, 6) is 3.92. The number of epoxide rings is 1. The van der Waals surface area contributed by atoms with Crippen LogP contribution in [0.5, 0.6) is 40.2 Å². The minimum Gasteiger partial charge on any atom is -0.491 e. The normalized spacial score (nSPS) is 17.2. The molecule has 72 heavy (non-hydrogen) atoms. The van der Waals surface area contributed by atoms with Gasteiger partial charge in [0.05, 0.1) is 29.4 Å². The highest BCUT2D eigenvalue weighted by molar-refractivity contribution is 7.75. The van der Waals surface area contributed by atoms with Gasteiger partial charge in [-0.2, -0.15) is 0 Å². The van der Waals surface area contributed by atoms with Crippen LogP contribution in [-0.2, 0) is 26.9 Å². The van der Waals surface area contributed by atoms with E-state index in [1.807, 2.05) is 123 Å². The SMILES string of the molecule is COC(C)C[C@H](C)Oc1ccc(Cc2ccc(OCC(O)COc3ccc(OCC(O)COc4ccc(Cc5ccc(OCC6CO6)cc5)cc4)c(P4(=O)Oc5ccccc5-c5ccccc54)c3)cc2)cc1. The Balaban J connectivity index is 0.801. The van der Waals surface area contributed by atoms with Gasteiger partial charge in [0.2, 0.25) is 0 Å². The fourth-order valence-electron chi connectivity index (χ4n) is 8.36. The Morgan fingerprint density at radius 2 is 1.01 bits per heavy atom. The lowest BCUT2D eigenvalue weighted by Gasteiger charge is -2.30. The summed E-state index contributed by atoms with van der Waals surface area (Å²) in [6.07, 6.45) is 0.659. The standard InChI is InChI=1S/C59H61O12P/c1-40(63-3)30-41(2)70-51-26-18-45(19-27-51)32-43-14-20-48(21-15-43)64-34-46(60)36-66-52-28-29-57(59(33-52)72(62)58-11-7-5-9-55(58)54-8-4-6-10-56(54)71-72)69-37-47(61)35-65-49-22-12-42(13-23-49)31-44-16-24-50(25-17-44)67-38-53-39-68-53/h4-29,33,40-41,46-47,53,60-61H,30-32,34-39H2,1-3H3/t40?,41-,46?,47?,53?,72?/m0/s1. The van der Waals surface area contributed by atoms with E-state index >= 15 is 4.57 Å². The van der Waals surface area contributed by atoms with E-state index in [-0.39, 0.29) is 55.8 Å². The number of aliphatic hydroxyl groups is 2. The summed E-state index contributed by atoms with van der Waals surface area (Å²) in [7, 11) is -2.17. The molecule has 374 valence electrons. The number of methoxy groups -OCH3 is 1. The fourth-order valence-corrected chi connectivity index (χ4v) is 10.8. The lowest BCUT2D eigenvalue weighted by atomic mass is 10.0. The van der Waals surface area contributed by atoms with Crippen LogP contribution in [0.15, 0.2) is 164 Å². The van der Waals surface area contributed by atoms with E-state index in [9.17, 15) is 10.2 Å². The molecule has 1 saturated heterocycles. The fraction of sp³-hybridized carbons (Fsp3) is 0.288. The molecule has 1 fully saturated rings. The van der Waals surface area contributed by atoms with Gasteiger partial charge in [0, 0.05) is 19.1 Å². The molecule has 13 heteroatoms. The highest BCUT2D eigenvalue weighted by Crippen LogP contribution is 2.55. The molecule has 7 aromatic rings. The molecule has 6 atom stereocenters. The highest BCUT2D eigenvalue weighted by Gasteiger charge is 2.40. The maximum atomic E-state index is 15.4. The van der Waals surface area contributed by atoms with Crippen LogP contribution >= 0.6 is 7.37 Å². The Morgan fingerprint density at radius 1 is 0.542 bits per heavy atom. The second-order valence-corrected chi connectivity index (χ2v) is 20.5. The smallest absolute Gasteiger partial charge is 0.311 e. The van der Waals surface area contributed by atoms with Gasteiger partial charge < -0.3 is 52.6 Å². The van der Waals surface area contributed by atoms with Gasteiger partial charge in [-0.1, -0.05) is 84.9 Å². The molecule has 0 saturated carbocycles. The van der Waals surface area contributed by atoms with Crippen LogP contribution in [0.3, 0.4) is 0 Å². The van der Waals surface area contributed by atoms with Crippen molar-refractivity contribution in [2.24, 2.45) is 0 Å². The number of ether oxygens (including phenoxy) is 8. The molecule has 0 radical (unpaired) electrons. The Morgan fingerprint density at radius 3 is 1.57 bits per heavy atom. The van der Waals surface area contributed by atoms with Gasteiger partial charge in [-0.25, -0.2) is 0 Å². The van der Waals surface area contributed by atoms with Crippen LogP contribution in [0.25, 0.3) is 11.1 Å². The zero-order chi connectivity index (χ0) is 49.9. The first-order chi connectivity index (χ1) is 35.1. The maximum Gasteiger partial charge on any atom is 0.311 e. The quantitative estimate of drug-likeness (QED) is 0.0416. The van der Waals surface area contributed by atoms with E-state index < -0.39 is 19.6 Å². The van der Waals surface area contributed by atoms with E-state index in [0.717, 1.165) is 70.7 Å². The van der Waals surface area contributed by atoms with Gasteiger partial charge in [-0.15, -0.1) is 0 Å². The summed E-state index contributed by atoms with van der Waals surface area (Å²) in [5.41, 5.74) is 6.13. The van der Waals surface area contributed by atoms with E-state index in [0.29, 0.717) is 34.9 Å². The number of benzene rings is 7. The minimum atomic E-state index is -3.88. The number of hydrogen-bond acceptors (Lipinski definition) is 12. The van der Waals surface area contributed by atoms with Crippen molar-refractivity contribution in [3.8, 4) is 51.4 Å². The van der Waals surface area contributed by atoms with Crippen LogP contribution in [0, 0.1) is 0 Å². The Kier molecular flexibility index (Phi) is 16.5. The third-order valence-electron chi connectivity index (χ3n) is 12.4.